The zero-order chi connectivity index (χ0) is 18.6. The molecule has 7 heteroatoms. The number of rotatable bonds is 5. The molecule has 0 bridgehead atoms. The third-order valence-electron chi connectivity index (χ3n) is 6.52. The molecule has 1 saturated heterocycles. The van der Waals surface area contributed by atoms with Gasteiger partial charge in [-0.2, -0.15) is 0 Å². The molecular formula is C19H36N4O2S. The van der Waals surface area contributed by atoms with Gasteiger partial charge in [-0.1, -0.05) is 19.3 Å². The lowest BCUT2D eigenvalue weighted by Crippen LogP contribution is -2.46. The summed E-state index contributed by atoms with van der Waals surface area (Å²) in [6, 6.07) is 0.555. The third kappa shape index (κ3) is 5.35. The van der Waals surface area contributed by atoms with Gasteiger partial charge in [0.05, 0.1) is 6.26 Å². The first-order valence-corrected chi connectivity index (χ1v) is 12.3. The van der Waals surface area contributed by atoms with Crippen molar-refractivity contribution >= 4 is 16.0 Å². The zero-order valence-electron chi connectivity index (χ0n) is 16.4. The topological polar surface area (TPSA) is 73.8 Å². The zero-order valence-corrected chi connectivity index (χ0v) is 17.2. The summed E-state index contributed by atoms with van der Waals surface area (Å²) in [5, 5.41) is 7.07. The third-order valence-corrected chi connectivity index (χ3v) is 7.83. The first kappa shape index (κ1) is 19.9. The first-order chi connectivity index (χ1) is 12.5. The van der Waals surface area contributed by atoms with Gasteiger partial charge in [-0.15, -0.1) is 0 Å². The predicted octanol–water partition coefficient (Wildman–Crippen LogP) is 2.18. The number of nitrogens with zero attached hydrogens (tertiary/aromatic N) is 2. The molecule has 150 valence electrons. The fraction of sp³-hybridized carbons (Fsp3) is 0.947. The van der Waals surface area contributed by atoms with Gasteiger partial charge in [-0.3, -0.25) is 4.99 Å². The second kappa shape index (κ2) is 8.91. The van der Waals surface area contributed by atoms with E-state index >= 15 is 0 Å². The van der Waals surface area contributed by atoms with E-state index in [4.69, 9.17) is 4.99 Å². The molecule has 0 aromatic rings. The predicted molar refractivity (Wildman–Crippen MR) is 107 cm³/mol. The van der Waals surface area contributed by atoms with Crippen LogP contribution < -0.4 is 10.6 Å². The number of aliphatic imine (C=N–C) groups is 1. The molecule has 1 heterocycles. The van der Waals surface area contributed by atoms with Crippen molar-refractivity contribution in [2.75, 3.05) is 32.4 Å². The molecule has 0 aromatic heterocycles. The van der Waals surface area contributed by atoms with Crippen LogP contribution >= 0.6 is 0 Å². The van der Waals surface area contributed by atoms with Crippen LogP contribution in [0.25, 0.3) is 0 Å². The van der Waals surface area contributed by atoms with E-state index in [1.54, 1.807) is 4.31 Å². The lowest BCUT2D eigenvalue weighted by Gasteiger charge is -2.33. The van der Waals surface area contributed by atoms with E-state index in [-0.39, 0.29) is 0 Å². The summed E-state index contributed by atoms with van der Waals surface area (Å²) in [5.41, 5.74) is 0. The minimum Gasteiger partial charge on any atom is -0.357 e. The maximum Gasteiger partial charge on any atom is 0.211 e. The van der Waals surface area contributed by atoms with Gasteiger partial charge in [-0.25, -0.2) is 12.7 Å². The van der Waals surface area contributed by atoms with Crippen molar-refractivity contribution in [3.05, 3.63) is 0 Å². The number of piperidine rings is 1. The average Bonchev–Trinajstić information content (AvgIpc) is 3.07. The highest BCUT2D eigenvalue weighted by atomic mass is 32.2. The van der Waals surface area contributed by atoms with E-state index in [1.807, 2.05) is 0 Å². The quantitative estimate of drug-likeness (QED) is 0.563. The van der Waals surface area contributed by atoms with Crippen LogP contribution in [-0.4, -0.2) is 57.2 Å². The van der Waals surface area contributed by atoms with Gasteiger partial charge in [0.1, 0.15) is 0 Å². The van der Waals surface area contributed by atoms with E-state index < -0.39 is 10.0 Å². The number of sulfonamides is 1. The summed E-state index contributed by atoms with van der Waals surface area (Å²) in [6.07, 6.45) is 11.3. The fourth-order valence-electron chi connectivity index (χ4n) is 4.99. The Labute approximate surface area is 159 Å². The lowest BCUT2D eigenvalue weighted by atomic mass is 9.79. The standard InChI is InChI=1S/C19H36N4O2S/c1-3-20-19(22-18-8-7-16-5-4-6-17(16)13-18)21-14-15-9-11-23(12-10-15)26(2,24)25/h15-18H,3-14H2,1-2H3,(H2,20,21,22). The molecule has 2 aliphatic carbocycles. The van der Waals surface area contributed by atoms with Crippen molar-refractivity contribution < 1.29 is 8.42 Å². The Morgan fingerprint density at radius 3 is 2.50 bits per heavy atom. The second-order valence-electron chi connectivity index (χ2n) is 8.43. The highest BCUT2D eigenvalue weighted by molar-refractivity contribution is 7.88. The van der Waals surface area contributed by atoms with Crippen molar-refractivity contribution in [3.8, 4) is 0 Å². The van der Waals surface area contributed by atoms with Crippen LogP contribution in [0.1, 0.15) is 58.3 Å². The minimum absolute atomic E-state index is 0.481. The highest BCUT2D eigenvalue weighted by Crippen LogP contribution is 2.42. The van der Waals surface area contributed by atoms with Gasteiger partial charge < -0.3 is 10.6 Å². The van der Waals surface area contributed by atoms with Crippen LogP contribution in [0.15, 0.2) is 4.99 Å². The molecule has 3 aliphatic rings. The van der Waals surface area contributed by atoms with Crippen LogP contribution in [-0.2, 0) is 10.0 Å². The summed E-state index contributed by atoms with van der Waals surface area (Å²) in [5.74, 6) is 3.32. The van der Waals surface area contributed by atoms with Gasteiger partial charge in [0.15, 0.2) is 5.96 Å². The molecule has 3 fully saturated rings. The SMILES string of the molecule is CCNC(=NCC1CCN(S(C)(=O)=O)CC1)NC1CCC2CCCC2C1. The Balaban J connectivity index is 1.48. The Hall–Kier alpha value is -0.820. The van der Waals surface area contributed by atoms with Crippen LogP contribution in [0.2, 0.25) is 0 Å². The summed E-state index contributed by atoms with van der Waals surface area (Å²) in [7, 11) is -3.04. The molecule has 2 saturated carbocycles. The van der Waals surface area contributed by atoms with Gasteiger partial charge in [-0.05, 0) is 56.8 Å². The molecule has 6 nitrogen and oxygen atoms in total. The largest absolute Gasteiger partial charge is 0.357 e. The van der Waals surface area contributed by atoms with Gasteiger partial charge in [0.2, 0.25) is 10.0 Å². The van der Waals surface area contributed by atoms with Crippen molar-refractivity contribution in [1.29, 1.82) is 0 Å². The fourth-order valence-corrected chi connectivity index (χ4v) is 5.86. The van der Waals surface area contributed by atoms with Crippen molar-refractivity contribution in [1.82, 2.24) is 14.9 Å². The molecule has 26 heavy (non-hydrogen) atoms. The van der Waals surface area contributed by atoms with Crippen LogP contribution in [0.4, 0.5) is 0 Å². The average molecular weight is 385 g/mol. The Morgan fingerprint density at radius 1 is 1.08 bits per heavy atom. The number of fused-ring (bicyclic) bond motifs is 1. The smallest absolute Gasteiger partial charge is 0.211 e. The maximum absolute atomic E-state index is 11.6. The highest BCUT2D eigenvalue weighted by Gasteiger charge is 2.34. The molecule has 1 aliphatic heterocycles. The Morgan fingerprint density at radius 2 is 1.81 bits per heavy atom. The number of hydrogen-bond donors (Lipinski definition) is 2. The maximum atomic E-state index is 11.6. The first-order valence-electron chi connectivity index (χ1n) is 10.5. The normalized spacial score (nSPS) is 31.6. The molecule has 0 radical (unpaired) electrons. The Kier molecular flexibility index (Phi) is 6.83. The second-order valence-corrected chi connectivity index (χ2v) is 10.4. The number of nitrogens with one attached hydrogen (secondary N) is 2. The van der Waals surface area contributed by atoms with E-state index in [9.17, 15) is 8.42 Å². The van der Waals surface area contributed by atoms with Gasteiger partial charge >= 0.3 is 0 Å². The summed E-state index contributed by atoms with van der Waals surface area (Å²) in [4.78, 5) is 4.83. The molecule has 3 unspecified atom stereocenters. The van der Waals surface area contributed by atoms with Crippen LogP contribution in [0.3, 0.4) is 0 Å². The van der Waals surface area contributed by atoms with Gasteiger partial charge in [0, 0.05) is 32.2 Å². The lowest BCUT2D eigenvalue weighted by molar-refractivity contribution is 0.239. The van der Waals surface area contributed by atoms with Crippen molar-refractivity contribution in [2.45, 2.75) is 64.3 Å². The van der Waals surface area contributed by atoms with Crippen molar-refractivity contribution in [3.63, 3.8) is 0 Å². The monoisotopic (exact) mass is 384 g/mol. The summed E-state index contributed by atoms with van der Waals surface area (Å²) in [6.45, 7) is 5.03. The Bertz CT molecular complexity index is 584. The number of guanidine groups is 1. The van der Waals surface area contributed by atoms with Crippen LogP contribution in [0, 0.1) is 17.8 Å². The van der Waals surface area contributed by atoms with E-state index in [2.05, 4.69) is 17.6 Å². The van der Waals surface area contributed by atoms with E-state index in [0.717, 1.165) is 43.7 Å². The molecule has 3 atom stereocenters. The molecule has 3 rings (SSSR count). The summed E-state index contributed by atoms with van der Waals surface area (Å²) < 4.78 is 24.8. The van der Waals surface area contributed by atoms with Crippen molar-refractivity contribution in [2.24, 2.45) is 22.7 Å². The van der Waals surface area contributed by atoms with E-state index in [0.29, 0.717) is 25.0 Å². The molecule has 0 amide bonds. The molecular weight excluding hydrogens is 348 g/mol. The molecule has 0 spiro atoms. The molecule has 0 aromatic carbocycles. The molecule has 2 N–H and O–H groups in total. The van der Waals surface area contributed by atoms with Gasteiger partial charge in [0.25, 0.3) is 0 Å². The summed E-state index contributed by atoms with van der Waals surface area (Å²) >= 11 is 0. The minimum atomic E-state index is -3.04. The van der Waals surface area contributed by atoms with E-state index in [1.165, 1.54) is 44.8 Å². The number of hydrogen-bond acceptors (Lipinski definition) is 3. The van der Waals surface area contributed by atoms with Crippen LogP contribution in [0.5, 0.6) is 0 Å².